The van der Waals surface area contributed by atoms with Crippen LogP contribution in [0, 0.1) is 11.8 Å². The van der Waals surface area contributed by atoms with E-state index in [1.54, 1.807) is 28.4 Å². The lowest BCUT2D eigenvalue weighted by atomic mass is 9.71. The number of ether oxygens (including phenoxy) is 4. The van der Waals surface area contributed by atoms with Crippen LogP contribution >= 0.6 is 12.2 Å². The Balaban J connectivity index is 1.36. The number of rotatable bonds is 8. The predicted molar refractivity (Wildman–Crippen MR) is 183 cm³/mol. The van der Waals surface area contributed by atoms with Gasteiger partial charge in [-0.3, -0.25) is 4.90 Å². The van der Waals surface area contributed by atoms with Gasteiger partial charge >= 0.3 is 0 Å². The Bertz CT molecular complexity index is 1500. The molecule has 4 atom stereocenters. The van der Waals surface area contributed by atoms with Gasteiger partial charge in [0.25, 0.3) is 0 Å². The summed E-state index contributed by atoms with van der Waals surface area (Å²) < 4.78 is 22.9. The highest BCUT2D eigenvalue weighted by atomic mass is 32.1. The quantitative estimate of drug-likeness (QED) is 0.295. The maximum Gasteiger partial charge on any atom is 0.169 e. The molecule has 0 aliphatic carbocycles. The molecule has 0 amide bonds. The molecule has 0 spiro atoms. The third-order valence-corrected chi connectivity index (χ3v) is 10.8. The number of benzene rings is 3. The summed E-state index contributed by atoms with van der Waals surface area (Å²) in [6.45, 7) is 6.09. The van der Waals surface area contributed by atoms with Crippen LogP contribution in [0.4, 0.5) is 0 Å². The van der Waals surface area contributed by atoms with Gasteiger partial charge < -0.3 is 29.2 Å². The monoisotopic (exact) mass is 629 g/mol. The first-order chi connectivity index (χ1) is 22.0. The van der Waals surface area contributed by atoms with Crippen LogP contribution in [0.5, 0.6) is 23.0 Å². The first-order valence-electron chi connectivity index (χ1n) is 16.3. The first-order valence-corrected chi connectivity index (χ1v) is 16.7. The summed E-state index contributed by atoms with van der Waals surface area (Å²) in [5.74, 6) is 4.21. The maximum atomic E-state index is 6.23. The van der Waals surface area contributed by atoms with Crippen molar-refractivity contribution in [3.8, 4) is 23.0 Å². The van der Waals surface area contributed by atoms with Gasteiger partial charge in [-0.15, -0.1) is 0 Å². The van der Waals surface area contributed by atoms with Gasteiger partial charge in [0.1, 0.15) is 0 Å². The number of nitrogens with one attached hydrogen (secondary N) is 1. The van der Waals surface area contributed by atoms with Gasteiger partial charge in [-0.25, -0.2) is 0 Å². The summed E-state index contributed by atoms with van der Waals surface area (Å²) in [7, 11) is 6.89. The van der Waals surface area contributed by atoms with Crippen LogP contribution in [0.15, 0.2) is 54.6 Å². The van der Waals surface area contributed by atoms with Crippen molar-refractivity contribution < 1.29 is 18.9 Å². The number of fused-ring (bicyclic) bond motifs is 4. The number of hydrogen-bond donors (Lipinski definition) is 1. The SMILES string of the molecule is CCC1CN2CCc3cc(OC)c(OC)cc3C2CC1C1Cc2cc(OC)c(OC)cc2CCN1C(=S)NCc1ccccc1. The maximum absolute atomic E-state index is 6.23. The topological polar surface area (TPSA) is 55.4 Å². The molecular formula is C37H47N3O4S. The average Bonchev–Trinajstić information content (AvgIpc) is 3.28. The molecule has 0 bridgehead atoms. The second-order valence-electron chi connectivity index (χ2n) is 12.6. The second kappa shape index (κ2) is 13.9. The van der Waals surface area contributed by atoms with Gasteiger partial charge in [-0.05, 0) is 102 Å². The summed E-state index contributed by atoms with van der Waals surface area (Å²) in [6, 6.07) is 19.9. The van der Waals surface area contributed by atoms with Crippen molar-refractivity contribution in [2.45, 2.75) is 57.7 Å². The zero-order valence-corrected chi connectivity index (χ0v) is 28.1. The van der Waals surface area contributed by atoms with E-state index in [1.165, 1.54) is 27.8 Å². The molecule has 3 aromatic rings. The van der Waals surface area contributed by atoms with Crippen molar-refractivity contribution in [1.82, 2.24) is 15.1 Å². The standard InChI is InChI=1S/C37H47N3O4S/c1-6-25-23-39-14-12-27-18-34(42-3)36(44-5)21-30(27)31(39)20-29(25)32-16-28-19-35(43-4)33(41-2)17-26(28)13-15-40(32)37(45)38-22-24-10-8-7-9-11-24/h7-11,17-19,21,25,29,31-32H,6,12-16,20,22-23H2,1-5H3,(H,38,45). The van der Waals surface area contributed by atoms with Crippen LogP contribution in [-0.4, -0.2) is 69.0 Å². The lowest BCUT2D eigenvalue weighted by Crippen LogP contribution is -2.55. The van der Waals surface area contributed by atoms with Crippen molar-refractivity contribution in [1.29, 1.82) is 0 Å². The van der Waals surface area contributed by atoms with Gasteiger partial charge in [0.2, 0.25) is 0 Å². The van der Waals surface area contributed by atoms with E-state index in [2.05, 4.69) is 76.6 Å². The van der Waals surface area contributed by atoms with Crippen molar-refractivity contribution in [3.63, 3.8) is 0 Å². The molecule has 0 radical (unpaired) electrons. The highest BCUT2D eigenvalue weighted by Crippen LogP contribution is 2.47. The molecule has 45 heavy (non-hydrogen) atoms. The van der Waals surface area contributed by atoms with Crippen molar-refractivity contribution in [3.05, 3.63) is 82.4 Å². The van der Waals surface area contributed by atoms with Crippen molar-refractivity contribution in [2.75, 3.05) is 48.1 Å². The zero-order chi connectivity index (χ0) is 31.5. The normalized spacial score (nSPS) is 22.7. The summed E-state index contributed by atoms with van der Waals surface area (Å²) in [6.07, 6.45) is 5.06. The van der Waals surface area contributed by atoms with Gasteiger partial charge in [0.05, 0.1) is 28.4 Å². The molecule has 3 aliphatic heterocycles. The largest absolute Gasteiger partial charge is 0.493 e. The van der Waals surface area contributed by atoms with E-state index in [1.807, 2.05) is 0 Å². The van der Waals surface area contributed by atoms with Gasteiger partial charge in [0, 0.05) is 38.3 Å². The number of nitrogens with zero attached hydrogens (tertiary/aromatic N) is 2. The third-order valence-electron chi connectivity index (χ3n) is 10.4. The molecule has 1 N–H and O–H groups in total. The lowest BCUT2D eigenvalue weighted by molar-refractivity contribution is 0.0188. The van der Waals surface area contributed by atoms with Gasteiger partial charge in [-0.1, -0.05) is 43.7 Å². The summed E-state index contributed by atoms with van der Waals surface area (Å²) in [5, 5.41) is 4.47. The molecule has 240 valence electrons. The van der Waals surface area contributed by atoms with E-state index in [9.17, 15) is 0 Å². The molecule has 0 aromatic heterocycles. The molecule has 3 heterocycles. The van der Waals surface area contributed by atoms with E-state index >= 15 is 0 Å². The molecule has 3 aromatic carbocycles. The Labute approximate surface area is 273 Å². The molecule has 7 nitrogen and oxygen atoms in total. The van der Waals surface area contributed by atoms with Crippen LogP contribution in [-0.2, 0) is 25.8 Å². The van der Waals surface area contributed by atoms with Gasteiger partial charge in [-0.2, -0.15) is 0 Å². The molecule has 0 saturated carbocycles. The Kier molecular flexibility index (Phi) is 9.71. The summed E-state index contributed by atoms with van der Waals surface area (Å²) in [4.78, 5) is 5.23. The molecule has 6 rings (SSSR count). The highest BCUT2D eigenvalue weighted by Gasteiger charge is 2.44. The molecule has 3 aliphatic rings. The Morgan fingerprint density at radius 1 is 0.822 bits per heavy atom. The fraction of sp³-hybridized carbons (Fsp3) is 0.486. The fourth-order valence-electron chi connectivity index (χ4n) is 8.00. The Hall–Kier alpha value is -3.49. The van der Waals surface area contributed by atoms with E-state index in [0.717, 1.165) is 79.8 Å². The first kappa shape index (κ1) is 31.5. The second-order valence-corrected chi connectivity index (χ2v) is 13.0. The number of hydrogen-bond acceptors (Lipinski definition) is 6. The van der Waals surface area contributed by atoms with E-state index in [4.69, 9.17) is 31.2 Å². The molecular weight excluding hydrogens is 582 g/mol. The summed E-state index contributed by atoms with van der Waals surface area (Å²) in [5.41, 5.74) is 6.64. The molecule has 4 unspecified atom stereocenters. The van der Waals surface area contributed by atoms with Crippen LogP contribution in [0.2, 0.25) is 0 Å². The zero-order valence-electron chi connectivity index (χ0n) is 27.3. The Morgan fingerprint density at radius 2 is 1.44 bits per heavy atom. The Morgan fingerprint density at radius 3 is 2.11 bits per heavy atom. The van der Waals surface area contributed by atoms with Crippen LogP contribution in [0.25, 0.3) is 0 Å². The van der Waals surface area contributed by atoms with Crippen LogP contribution in [0.1, 0.15) is 53.6 Å². The minimum Gasteiger partial charge on any atom is -0.493 e. The smallest absolute Gasteiger partial charge is 0.169 e. The molecule has 8 heteroatoms. The average molecular weight is 630 g/mol. The van der Waals surface area contributed by atoms with Crippen LogP contribution < -0.4 is 24.3 Å². The minimum absolute atomic E-state index is 0.248. The minimum atomic E-state index is 0.248. The van der Waals surface area contributed by atoms with E-state index in [0.29, 0.717) is 24.4 Å². The summed E-state index contributed by atoms with van der Waals surface area (Å²) >= 11 is 6.23. The van der Waals surface area contributed by atoms with Crippen molar-refractivity contribution >= 4 is 17.3 Å². The fourth-order valence-corrected chi connectivity index (χ4v) is 8.30. The number of piperidine rings is 1. The third kappa shape index (κ3) is 6.32. The van der Waals surface area contributed by atoms with Crippen LogP contribution in [0.3, 0.4) is 0 Å². The highest BCUT2D eigenvalue weighted by molar-refractivity contribution is 7.80. The number of methoxy groups -OCH3 is 4. The van der Waals surface area contributed by atoms with E-state index in [-0.39, 0.29) is 6.04 Å². The van der Waals surface area contributed by atoms with Crippen molar-refractivity contribution in [2.24, 2.45) is 11.8 Å². The lowest BCUT2D eigenvalue weighted by Gasteiger charge is -2.51. The number of thiocarbonyl (C=S) groups is 1. The predicted octanol–water partition coefficient (Wildman–Crippen LogP) is 6.21. The van der Waals surface area contributed by atoms with Gasteiger partial charge in [0.15, 0.2) is 28.1 Å². The molecule has 1 fully saturated rings. The molecule has 1 saturated heterocycles. The van der Waals surface area contributed by atoms with E-state index < -0.39 is 0 Å².